The van der Waals surface area contributed by atoms with Gasteiger partial charge in [0.05, 0.1) is 0 Å². The summed E-state index contributed by atoms with van der Waals surface area (Å²) < 4.78 is 28.1. The van der Waals surface area contributed by atoms with Crippen molar-refractivity contribution in [3.63, 3.8) is 0 Å². The molecule has 0 saturated heterocycles. The van der Waals surface area contributed by atoms with Crippen LogP contribution in [0.25, 0.3) is 0 Å². The first-order valence-corrected chi connectivity index (χ1v) is 5.42. The van der Waals surface area contributed by atoms with Gasteiger partial charge in [-0.15, -0.1) is 0 Å². The monoisotopic (exact) mass is 264 g/mol. The van der Waals surface area contributed by atoms with Crippen LogP contribution in [0.3, 0.4) is 0 Å². The number of benzene rings is 1. The molecule has 0 fully saturated rings. The summed E-state index contributed by atoms with van der Waals surface area (Å²) in [6.45, 7) is -2.88. The normalized spacial score (nSPS) is 10.3. The molecule has 6 heteroatoms. The molecule has 0 bridgehead atoms. The molecule has 1 aromatic carbocycles. The third-order valence-electron chi connectivity index (χ3n) is 2.25. The number of pyridine rings is 1. The first-order chi connectivity index (χ1) is 9.15. The molecule has 0 aliphatic heterocycles. The van der Waals surface area contributed by atoms with Crippen molar-refractivity contribution in [2.75, 3.05) is 5.32 Å². The minimum Gasteiger partial charge on any atom is -0.435 e. The van der Waals surface area contributed by atoms with Gasteiger partial charge in [-0.1, -0.05) is 6.07 Å². The SMILES string of the molecule is O=C(Nc1ccccn1)c1ccc(OC(F)F)cc1. The van der Waals surface area contributed by atoms with Gasteiger partial charge >= 0.3 is 6.61 Å². The number of hydrogen-bond acceptors (Lipinski definition) is 3. The molecule has 1 aromatic heterocycles. The third-order valence-corrected chi connectivity index (χ3v) is 2.25. The van der Waals surface area contributed by atoms with Crippen molar-refractivity contribution in [1.82, 2.24) is 4.98 Å². The lowest BCUT2D eigenvalue weighted by atomic mass is 10.2. The van der Waals surface area contributed by atoms with Crippen molar-refractivity contribution in [2.24, 2.45) is 0 Å². The molecular weight excluding hydrogens is 254 g/mol. The van der Waals surface area contributed by atoms with Gasteiger partial charge in [0.1, 0.15) is 11.6 Å². The number of ether oxygens (including phenoxy) is 1. The number of carbonyl (C=O) groups is 1. The number of carbonyl (C=O) groups excluding carboxylic acids is 1. The van der Waals surface area contributed by atoms with E-state index < -0.39 is 6.61 Å². The molecule has 0 unspecified atom stereocenters. The molecule has 4 nitrogen and oxygen atoms in total. The number of anilines is 1. The van der Waals surface area contributed by atoms with E-state index in [-0.39, 0.29) is 11.7 Å². The van der Waals surface area contributed by atoms with E-state index in [9.17, 15) is 13.6 Å². The van der Waals surface area contributed by atoms with Crippen LogP contribution in [0, 0.1) is 0 Å². The maximum absolute atomic E-state index is 12.0. The molecule has 0 aliphatic carbocycles. The molecule has 0 spiro atoms. The molecule has 2 aromatic rings. The van der Waals surface area contributed by atoms with Gasteiger partial charge in [0.15, 0.2) is 0 Å². The average Bonchev–Trinajstić information content (AvgIpc) is 2.40. The van der Waals surface area contributed by atoms with E-state index in [2.05, 4.69) is 15.0 Å². The van der Waals surface area contributed by atoms with E-state index in [1.807, 2.05) is 0 Å². The Bertz CT molecular complexity index is 544. The lowest BCUT2D eigenvalue weighted by Gasteiger charge is -2.06. The van der Waals surface area contributed by atoms with Crippen LogP contribution < -0.4 is 10.1 Å². The maximum atomic E-state index is 12.0. The highest BCUT2D eigenvalue weighted by Crippen LogP contribution is 2.15. The number of rotatable bonds is 4. The summed E-state index contributed by atoms with van der Waals surface area (Å²) in [6.07, 6.45) is 1.55. The number of amides is 1. The van der Waals surface area contributed by atoms with E-state index in [0.29, 0.717) is 11.4 Å². The van der Waals surface area contributed by atoms with Crippen LogP contribution in [-0.2, 0) is 0 Å². The molecule has 1 heterocycles. The number of hydrogen-bond donors (Lipinski definition) is 1. The zero-order valence-corrected chi connectivity index (χ0v) is 9.72. The van der Waals surface area contributed by atoms with Crippen LogP contribution in [-0.4, -0.2) is 17.5 Å². The van der Waals surface area contributed by atoms with E-state index in [1.54, 1.807) is 24.4 Å². The van der Waals surface area contributed by atoms with Gasteiger partial charge in [0, 0.05) is 11.8 Å². The van der Waals surface area contributed by atoms with Crippen molar-refractivity contribution in [1.29, 1.82) is 0 Å². The Hall–Kier alpha value is -2.50. The predicted octanol–water partition coefficient (Wildman–Crippen LogP) is 2.94. The van der Waals surface area contributed by atoms with Crippen molar-refractivity contribution >= 4 is 11.7 Å². The van der Waals surface area contributed by atoms with E-state index in [1.165, 1.54) is 24.3 Å². The summed E-state index contributed by atoms with van der Waals surface area (Å²) in [7, 11) is 0. The van der Waals surface area contributed by atoms with E-state index >= 15 is 0 Å². The zero-order chi connectivity index (χ0) is 13.7. The molecular formula is C13H10F2N2O2. The average molecular weight is 264 g/mol. The standard InChI is InChI=1S/C13H10F2N2O2/c14-13(15)19-10-6-4-9(5-7-10)12(18)17-11-3-1-2-8-16-11/h1-8,13H,(H,16,17,18). The molecule has 19 heavy (non-hydrogen) atoms. The highest BCUT2D eigenvalue weighted by atomic mass is 19.3. The molecule has 1 N–H and O–H groups in total. The largest absolute Gasteiger partial charge is 0.435 e. The summed E-state index contributed by atoms with van der Waals surface area (Å²) in [5, 5.41) is 2.58. The zero-order valence-electron chi connectivity index (χ0n) is 9.72. The van der Waals surface area contributed by atoms with Gasteiger partial charge in [0.25, 0.3) is 5.91 Å². The smallest absolute Gasteiger partial charge is 0.387 e. The lowest BCUT2D eigenvalue weighted by molar-refractivity contribution is -0.0498. The number of nitrogens with zero attached hydrogens (tertiary/aromatic N) is 1. The van der Waals surface area contributed by atoms with Crippen LogP contribution in [0.5, 0.6) is 5.75 Å². The summed E-state index contributed by atoms with van der Waals surface area (Å²) in [6, 6.07) is 10.5. The lowest BCUT2D eigenvalue weighted by Crippen LogP contribution is -2.12. The van der Waals surface area contributed by atoms with Gasteiger partial charge in [0.2, 0.25) is 0 Å². The fourth-order valence-corrected chi connectivity index (χ4v) is 1.41. The van der Waals surface area contributed by atoms with Crippen molar-refractivity contribution < 1.29 is 18.3 Å². The quantitative estimate of drug-likeness (QED) is 0.923. The first kappa shape index (κ1) is 12.9. The Balaban J connectivity index is 2.04. The fraction of sp³-hybridized carbons (Fsp3) is 0.0769. The van der Waals surface area contributed by atoms with Crippen LogP contribution in [0.2, 0.25) is 0 Å². The first-order valence-electron chi connectivity index (χ1n) is 5.42. The van der Waals surface area contributed by atoms with Gasteiger partial charge in [-0.25, -0.2) is 4.98 Å². The Morgan fingerprint density at radius 1 is 1.16 bits per heavy atom. The van der Waals surface area contributed by atoms with Gasteiger partial charge < -0.3 is 10.1 Å². The molecule has 0 aliphatic rings. The highest BCUT2D eigenvalue weighted by Gasteiger charge is 2.08. The second-order valence-corrected chi connectivity index (χ2v) is 3.57. The maximum Gasteiger partial charge on any atom is 0.387 e. The van der Waals surface area contributed by atoms with Crippen molar-refractivity contribution in [3.05, 3.63) is 54.2 Å². The molecule has 0 radical (unpaired) electrons. The third kappa shape index (κ3) is 3.74. The van der Waals surface area contributed by atoms with Gasteiger partial charge in [-0.2, -0.15) is 8.78 Å². The second kappa shape index (κ2) is 5.90. The Labute approximate surface area is 108 Å². The number of alkyl halides is 2. The molecule has 98 valence electrons. The summed E-state index contributed by atoms with van der Waals surface area (Å²) >= 11 is 0. The minimum atomic E-state index is -2.88. The molecule has 2 rings (SSSR count). The van der Waals surface area contributed by atoms with Crippen molar-refractivity contribution in [3.8, 4) is 5.75 Å². The molecule has 1 amide bonds. The summed E-state index contributed by atoms with van der Waals surface area (Å²) in [4.78, 5) is 15.8. The van der Waals surface area contributed by atoms with E-state index in [4.69, 9.17) is 0 Å². The van der Waals surface area contributed by atoms with Gasteiger partial charge in [-0.05, 0) is 36.4 Å². The molecule has 0 atom stereocenters. The van der Waals surface area contributed by atoms with Gasteiger partial charge in [-0.3, -0.25) is 4.79 Å². The Morgan fingerprint density at radius 3 is 2.47 bits per heavy atom. The number of aromatic nitrogens is 1. The number of halogens is 2. The van der Waals surface area contributed by atoms with Crippen LogP contribution in [0.15, 0.2) is 48.7 Å². The topological polar surface area (TPSA) is 51.2 Å². The highest BCUT2D eigenvalue weighted by molar-refractivity contribution is 6.03. The van der Waals surface area contributed by atoms with Crippen molar-refractivity contribution in [2.45, 2.75) is 6.61 Å². The Morgan fingerprint density at radius 2 is 1.89 bits per heavy atom. The second-order valence-electron chi connectivity index (χ2n) is 3.57. The predicted molar refractivity (Wildman–Crippen MR) is 65.3 cm³/mol. The Kier molecular flexibility index (Phi) is 4.02. The summed E-state index contributed by atoms with van der Waals surface area (Å²) in [5.74, 6) is 0.0482. The fourth-order valence-electron chi connectivity index (χ4n) is 1.41. The van der Waals surface area contributed by atoms with Crippen LogP contribution in [0.4, 0.5) is 14.6 Å². The summed E-state index contributed by atoms with van der Waals surface area (Å²) in [5.41, 5.74) is 0.326. The van der Waals surface area contributed by atoms with E-state index in [0.717, 1.165) is 0 Å². The molecule has 0 saturated carbocycles. The van der Waals surface area contributed by atoms with Crippen LogP contribution in [0.1, 0.15) is 10.4 Å². The number of nitrogens with one attached hydrogen (secondary N) is 1. The minimum absolute atomic E-state index is 0.00406. The van der Waals surface area contributed by atoms with Crippen LogP contribution >= 0.6 is 0 Å².